The fraction of sp³-hybridized carbons (Fsp3) is 0.625. The van der Waals surface area contributed by atoms with E-state index in [0.29, 0.717) is 5.54 Å². The highest BCUT2D eigenvalue weighted by atomic mass is 16.2. The molecular formula is C16H23N3O. The lowest BCUT2D eigenvalue weighted by Gasteiger charge is -2.45. The molecule has 0 atom stereocenters. The number of carbonyl (C=O) groups is 1. The van der Waals surface area contributed by atoms with Gasteiger partial charge < -0.3 is 4.90 Å². The molecule has 0 aromatic carbocycles. The normalized spacial score (nSPS) is 22.4. The molecular weight excluding hydrogens is 250 g/mol. The topological polar surface area (TPSA) is 36.4 Å². The number of piperidine rings is 1. The van der Waals surface area contributed by atoms with Gasteiger partial charge in [0, 0.05) is 44.5 Å². The van der Waals surface area contributed by atoms with Crippen molar-refractivity contribution < 1.29 is 4.79 Å². The Morgan fingerprint density at radius 3 is 2.75 bits per heavy atom. The van der Waals surface area contributed by atoms with Crippen molar-refractivity contribution in [1.82, 2.24) is 14.8 Å². The largest absolute Gasteiger partial charge is 0.343 e. The first-order valence-electron chi connectivity index (χ1n) is 7.59. The summed E-state index contributed by atoms with van der Waals surface area (Å²) in [6, 6.07) is 4.17. The second-order valence-corrected chi connectivity index (χ2v) is 6.12. The van der Waals surface area contributed by atoms with Crippen molar-refractivity contribution in [3.63, 3.8) is 0 Å². The molecule has 1 aromatic rings. The number of amides is 1. The van der Waals surface area contributed by atoms with Crippen molar-refractivity contribution in [1.29, 1.82) is 0 Å². The van der Waals surface area contributed by atoms with E-state index in [4.69, 9.17) is 0 Å². The molecule has 0 radical (unpaired) electrons. The van der Waals surface area contributed by atoms with E-state index in [0.717, 1.165) is 32.5 Å². The van der Waals surface area contributed by atoms with E-state index in [1.54, 1.807) is 6.92 Å². The minimum atomic E-state index is 0.219. The van der Waals surface area contributed by atoms with E-state index in [1.807, 2.05) is 23.4 Å². The van der Waals surface area contributed by atoms with Crippen LogP contribution in [-0.2, 0) is 11.3 Å². The number of carbonyl (C=O) groups excluding carboxylic acids is 1. The molecule has 1 spiro atoms. The van der Waals surface area contributed by atoms with Gasteiger partial charge in [0.1, 0.15) is 0 Å². The molecule has 2 fully saturated rings. The van der Waals surface area contributed by atoms with Gasteiger partial charge in [-0.2, -0.15) is 0 Å². The van der Waals surface area contributed by atoms with Crippen LogP contribution in [0.15, 0.2) is 24.5 Å². The Morgan fingerprint density at radius 1 is 1.30 bits per heavy atom. The molecule has 0 N–H and O–H groups in total. The number of pyridine rings is 1. The third-order valence-corrected chi connectivity index (χ3v) is 4.98. The summed E-state index contributed by atoms with van der Waals surface area (Å²) >= 11 is 0. The predicted molar refractivity (Wildman–Crippen MR) is 78.1 cm³/mol. The summed E-state index contributed by atoms with van der Waals surface area (Å²) < 4.78 is 0. The van der Waals surface area contributed by atoms with Crippen molar-refractivity contribution in [2.75, 3.05) is 19.6 Å². The second-order valence-electron chi connectivity index (χ2n) is 6.12. The molecule has 0 unspecified atom stereocenters. The molecule has 4 nitrogen and oxygen atoms in total. The molecule has 2 aliphatic heterocycles. The quantitative estimate of drug-likeness (QED) is 0.827. The van der Waals surface area contributed by atoms with Crippen LogP contribution < -0.4 is 0 Å². The summed E-state index contributed by atoms with van der Waals surface area (Å²) in [5, 5.41) is 0. The van der Waals surface area contributed by atoms with Crippen LogP contribution in [-0.4, -0.2) is 45.9 Å². The van der Waals surface area contributed by atoms with Crippen LogP contribution in [0.5, 0.6) is 0 Å². The molecule has 4 heteroatoms. The lowest BCUT2D eigenvalue weighted by Crippen LogP contribution is -2.52. The first kappa shape index (κ1) is 13.6. The van der Waals surface area contributed by atoms with Crippen LogP contribution in [0.25, 0.3) is 0 Å². The van der Waals surface area contributed by atoms with Crippen molar-refractivity contribution in [3.05, 3.63) is 30.1 Å². The summed E-state index contributed by atoms with van der Waals surface area (Å²) in [6.07, 6.45) is 8.59. The highest BCUT2D eigenvalue weighted by molar-refractivity contribution is 5.73. The molecule has 3 heterocycles. The Morgan fingerprint density at radius 2 is 2.10 bits per heavy atom. The number of nitrogens with zero attached hydrogens (tertiary/aromatic N) is 3. The van der Waals surface area contributed by atoms with Crippen LogP contribution in [0.1, 0.15) is 38.2 Å². The van der Waals surface area contributed by atoms with Crippen molar-refractivity contribution >= 4 is 5.91 Å². The zero-order valence-electron chi connectivity index (χ0n) is 12.2. The molecule has 1 aromatic heterocycles. The molecule has 2 saturated heterocycles. The van der Waals surface area contributed by atoms with Crippen molar-refractivity contribution in [2.24, 2.45) is 0 Å². The van der Waals surface area contributed by atoms with E-state index < -0.39 is 0 Å². The number of rotatable bonds is 2. The van der Waals surface area contributed by atoms with Crippen LogP contribution in [0.3, 0.4) is 0 Å². The average molecular weight is 273 g/mol. The van der Waals surface area contributed by atoms with Gasteiger partial charge in [-0.05, 0) is 43.9 Å². The molecule has 3 rings (SSSR count). The highest BCUT2D eigenvalue weighted by Gasteiger charge is 2.43. The van der Waals surface area contributed by atoms with Gasteiger partial charge in [0.05, 0.1) is 0 Å². The zero-order valence-corrected chi connectivity index (χ0v) is 12.2. The Kier molecular flexibility index (Phi) is 3.74. The van der Waals surface area contributed by atoms with Gasteiger partial charge in [-0.15, -0.1) is 0 Å². The molecule has 0 bridgehead atoms. The minimum Gasteiger partial charge on any atom is -0.343 e. The minimum absolute atomic E-state index is 0.219. The number of hydrogen-bond acceptors (Lipinski definition) is 3. The summed E-state index contributed by atoms with van der Waals surface area (Å²) in [7, 11) is 0. The molecule has 1 amide bonds. The highest BCUT2D eigenvalue weighted by Crippen LogP contribution is 2.39. The van der Waals surface area contributed by atoms with Gasteiger partial charge in [-0.25, -0.2) is 0 Å². The molecule has 0 aliphatic carbocycles. The second kappa shape index (κ2) is 5.52. The van der Waals surface area contributed by atoms with Crippen LogP contribution in [0.2, 0.25) is 0 Å². The Bertz CT molecular complexity index is 466. The first-order chi connectivity index (χ1) is 9.70. The summed E-state index contributed by atoms with van der Waals surface area (Å²) in [6.45, 7) is 5.68. The monoisotopic (exact) mass is 273 g/mol. The molecule has 0 saturated carbocycles. The number of hydrogen-bond donors (Lipinski definition) is 0. The maximum absolute atomic E-state index is 11.5. The van der Waals surface area contributed by atoms with E-state index in [9.17, 15) is 4.79 Å². The molecule has 2 aliphatic rings. The Balaban J connectivity index is 1.68. The zero-order chi connectivity index (χ0) is 14.0. The van der Waals surface area contributed by atoms with Gasteiger partial charge in [-0.3, -0.25) is 14.7 Å². The summed E-state index contributed by atoms with van der Waals surface area (Å²) in [4.78, 5) is 20.3. The van der Waals surface area contributed by atoms with Gasteiger partial charge in [0.15, 0.2) is 0 Å². The average Bonchev–Trinajstić information content (AvgIpc) is 2.83. The SMILES string of the molecule is CC(=O)N1CCC2(CCCN2Cc2cccnc2)CC1. The van der Waals surface area contributed by atoms with E-state index in [-0.39, 0.29) is 5.91 Å². The maximum atomic E-state index is 11.5. The fourth-order valence-electron chi connectivity index (χ4n) is 3.76. The standard InChI is InChI=1S/C16H23N3O/c1-14(20)18-10-6-16(7-11-18)5-3-9-19(16)13-15-4-2-8-17-12-15/h2,4,8,12H,3,5-7,9-11,13H2,1H3. The predicted octanol–water partition coefficient (Wildman–Crippen LogP) is 2.06. The number of likely N-dealkylation sites (tertiary alicyclic amines) is 2. The summed E-state index contributed by atoms with van der Waals surface area (Å²) in [5.41, 5.74) is 1.62. The van der Waals surface area contributed by atoms with Gasteiger partial charge >= 0.3 is 0 Å². The van der Waals surface area contributed by atoms with Crippen LogP contribution >= 0.6 is 0 Å². The van der Waals surface area contributed by atoms with Crippen molar-refractivity contribution in [3.8, 4) is 0 Å². The Labute approximate surface area is 120 Å². The first-order valence-corrected chi connectivity index (χ1v) is 7.59. The lowest BCUT2D eigenvalue weighted by atomic mass is 9.84. The van der Waals surface area contributed by atoms with E-state index in [2.05, 4.69) is 16.0 Å². The lowest BCUT2D eigenvalue weighted by molar-refractivity contribution is -0.131. The van der Waals surface area contributed by atoms with Gasteiger partial charge in [0.25, 0.3) is 0 Å². The van der Waals surface area contributed by atoms with E-state index >= 15 is 0 Å². The van der Waals surface area contributed by atoms with Gasteiger partial charge in [-0.1, -0.05) is 6.07 Å². The fourth-order valence-corrected chi connectivity index (χ4v) is 3.76. The van der Waals surface area contributed by atoms with Crippen LogP contribution in [0, 0.1) is 0 Å². The maximum Gasteiger partial charge on any atom is 0.219 e. The smallest absolute Gasteiger partial charge is 0.219 e. The molecule has 108 valence electrons. The van der Waals surface area contributed by atoms with Crippen molar-refractivity contribution in [2.45, 2.75) is 44.7 Å². The third-order valence-electron chi connectivity index (χ3n) is 4.98. The third kappa shape index (κ3) is 2.57. The summed E-state index contributed by atoms with van der Waals surface area (Å²) in [5.74, 6) is 0.219. The molecule has 20 heavy (non-hydrogen) atoms. The van der Waals surface area contributed by atoms with E-state index in [1.165, 1.54) is 24.9 Å². The van der Waals surface area contributed by atoms with Crippen LogP contribution in [0.4, 0.5) is 0 Å². The number of aromatic nitrogens is 1. The van der Waals surface area contributed by atoms with Gasteiger partial charge in [0.2, 0.25) is 5.91 Å². The Hall–Kier alpha value is -1.42.